The average molecular weight is 284 g/mol. The number of carbonyl (C=O) groups is 1. The molecule has 3 nitrogen and oxygen atoms in total. The van der Waals surface area contributed by atoms with E-state index in [0.29, 0.717) is 22.9 Å². The summed E-state index contributed by atoms with van der Waals surface area (Å²) in [5.41, 5.74) is 5.21. The second-order valence-electron chi connectivity index (χ2n) is 6.10. The largest absolute Gasteiger partial charge is 0.480 e. The minimum absolute atomic E-state index is 0.174. The Kier molecular flexibility index (Phi) is 4.64. The van der Waals surface area contributed by atoms with E-state index in [-0.39, 0.29) is 5.41 Å². The Labute approximate surface area is 119 Å². The Hall–Kier alpha value is -1.06. The Morgan fingerprint density at radius 2 is 1.79 bits per heavy atom. The highest BCUT2D eigenvalue weighted by Crippen LogP contribution is 2.39. The molecule has 0 saturated heterocycles. The van der Waals surface area contributed by atoms with Gasteiger partial charge in [-0.25, -0.2) is 4.79 Å². The van der Waals surface area contributed by atoms with Gasteiger partial charge in [0.05, 0.1) is 0 Å². The Bertz CT molecular complexity index is 454. The molecule has 4 heteroatoms. The van der Waals surface area contributed by atoms with Gasteiger partial charge in [0.2, 0.25) is 0 Å². The van der Waals surface area contributed by atoms with Crippen molar-refractivity contribution in [2.24, 2.45) is 17.1 Å². The second kappa shape index (κ2) is 5.51. The van der Waals surface area contributed by atoms with Gasteiger partial charge in [0.25, 0.3) is 0 Å². The predicted molar refractivity (Wildman–Crippen MR) is 78.2 cm³/mol. The lowest BCUT2D eigenvalue weighted by Crippen LogP contribution is -2.48. The first-order valence-corrected chi connectivity index (χ1v) is 6.76. The van der Waals surface area contributed by atoms with E-state index >= 15 is 0 Å². The molecule has 0 saturated carbocycles. The van der Waals surface area contributed by atoms with Crippen LogP contribution in [-0.4, -0.2) is 11.1 Å². The fourth-order valence-corrected chi connectivity index (χ4v) is 2.10. The third-order valence-corrected chi connectivity index (χ3v) is 4.29. The number of rotatable bonds is 5. The van der Waals surface area contributed by atoms with Gasteiger partial charge in [0.15, 0.2) is 0 Å². The van der Waals surface area contributed by atoms with Crippen LogP contribution in [0.4, 0.5) is 0 Å². The molecule has 106 valence electrons. The zero-order valence-corrected chi connectivity index (χ0v) is 12.7. The number of hydrogen-bond donors (Lipinski definition) is 2. The summed E-state index contributed by atoms with van der Waals surface area (Å²) in [5, 5.41) is 10.1. The molecule has 0 aromatic heterocycles. The molecule has 0 aliphatic heterocycles. The highest BCUT2D eigenvalue weighted by Gasteiger charge is 2.42. The molecule has 3 N–H and O–H groups in total. The first-order chi connectivity index (χ1) is 8.59. The van der Waals surface area contributed by atoms with E-state index in [1.807, 2.05) is 13.8 Å². The quantitative estimate of drug-likeness (QED) is 0.867. The predicted octanol–water partition coefficient (Wildman–Crippen LogP) is 3.65. The van der Waals surface area contributed by atoms with E-state index in [4.69, 9.17) is 17.3 Å². The van der Waals surface area contributed by atoms with E-state index in [0.717, 1.165) is 0 Å². The third-order valence-electron chi connectivity index (χ3n) is 4.04. The van der Waals surface area contributed by atoms with E-state index in [9.17, 15) is 9.90 Å². The van der Waals surface area contributed by atoms with Crippen LogP contribution in [-0.2, 0) is 10.3 Å². The maximum atomic E-state index is 11.6. The number of halogens is 1. The van der Waals surface area contributed by atoms with Crippen LogP contribution in [0.15, 0.2) is 24.3 Å². The summed E-state index contributed by atoms with van der Waals surface area (Å²) in [6, 6.07) is 6.72. The standard InChI is InChI=1S/C15H22ClNO2/c1-10(2)14(3,4)9-15(17,13(18)19)11-5-7-12(16)8-6-11/h5-8,10H,9,17H2,1-4H3,(H,18,19). The number of carboxylic acid groups (broad SMARTS) is 1. The van der Waals surface area contributed by atoms with Gasteiger partial charge in [-0.2, -0.15) is 0 Å². The summed E-state index contributed by atoms with van der Waals surface area (Å²) in [7, 11) is 0. The van der Waals surface area contributed by atoms with Crippen LogP contribution in [0.2, 0.25) is 5.02 Å². The van der Waals surface area contributed by atoms with Crippen LogP contribution < -0.4 is 5.73 Å². The van der Waals surface area contributed by atoms with E-state index in [2.05, 4.69) is 13.8 Å². The second-order valence-corrected chi connectivity index (χ2v) is 6.54. The Morgan fingerprint density at radius 1 is 1.32 bits per heavy atom. The number of nitrogens with two attached hydrogens (primary N) is 1. The highest BCUT2D eigenvalue weighted by atomic mass is 35.5. The summed E-state index contributed by atoms with van der Waals surface area (Å²) < 4.78 is 0. The van der Waals surface area contributed by atoms with Gasteiger partial charge in [-0.05, 0) is 35.4 Å². The maximum absolute atomic E-state index is 11.6. The summed E-state index contributed by atoms with van der Waals surface area (Å²) in [6.07, 6.45) is 0.370. The summed E-state index contributed by atoms with van der Waals surface area (Å²) in [4.78, 5) is 11.6. The molecule has 0 bridgehead atoms. The normalized spacial score (nSPS) is 15.3. The van der Waals surface area contributed by atoms with E-state index < -0.39 is 11.5 Å². The van der Waals surface area contributed by atoms with Gasteiger partial charge >= 0.3 is 5.97 Å². The van der Waals surface area contributed by atoms with Crippen LogP contribution in [0.1, 0.15) is 39.7 Å². The molecule has 0 radical (unpaired) electrons. The van der Waals surface area contributed by atoms with Crippen LogP contribution in [0.25, 0.3) is 0 Å². The average Bonchev–Trinajstić information content (AvgIpc) is 2.28. The van der Waals surface area contributed by atoms with Gasteiger partial charge < -0.3 is 10.8 Å². The fraction of sp³-hybridized carbons (Fsp3) is 0.533. The first-order valence-electron chi connectivity index (χ1n) is 6.38. The van der Waals surface area contributed by atoms with Crippen molar-refractivity contribution in [2.75, 3.05) is 0 Å². The van der Waals surface area contributed by atoms with Crippen LogP contribution >= 0.6 is 11.6 Å². The molecular formula is C15H22ClNO2. The molecule has 1 aromatic carbocycles. The minimum Gasteiger partial charge on any atom is -0.480 e. The summed E-state index contributed by atoms with van der Waals surface area (Å²) >= 11 is 5.84. The van der Waals surface area contributed by atoms with E-state index in [1.54, 1.807) is 24.3 Å². The van der Waals surface area contributed by atoms with Crippen molar-refractivity contribution < 1.29 is 9.90 Å². The fourth-order valence-electron chi connectivity index (χ4n) is 1.97. The van der Waals surface area contributed by atoms with Crippen LogP contribution in [0.5, 0.6) is 0 Å². The number of benzene rings is 1. The molecule has 19 heavy (non-hydrogen) atoms. The van der Waals surface area contributed by atoms with E-state index in [1.165, 1.54) is 0 Å². The molecule has 0 amide bonds. The number of aliphatic carboxylic acids is 1. The summed E-state index contributed by atoms with van der Waals surface area (Å²) in [5.74, 6) is -0.675. The monoisotopic (exact) mass is 283 g/mol. The number of carboxylic acids is 1. The molecule has 0 aliphatic rings. The molecule has 1 atom stereocenters. The molecular weight excluding hydrogens is 262 g/mol. The minimum atomic E-state index is -1.39. The summed E-state index contributed by atoms with van der Waals surface area (Å²) in [6.45, 7) is 8.23. The van der Waals surface area contributed by atoms with Crippen molar-refractivity contribution in [2.45, 2.75) is 39.7 Å². The molecule has 1 aromatic rings. The van der Waals surface area contributed by atoms with Gasteiger partial charge in [-0.1, -0.05) is 51.4 Å². The zero-order valence-electron chi connectivity index (χ0n) is 11.9. The van der Waals surface area contributed by atoms with Crippen molar-refractivity contribution in [3.05, 3.63) is 34.9 Å². The van der Waals surface area contributed by atoms with Gasteiger partial charge in [-0.3, -0.25) is 0 Å². The molecule has 0 aliphatic carbocycles. The third kappa shape index (κ3) is 3.48. The van der Waals surface area contributed by atoms with Crippen LogP contribution in [0, 0.1) is 11.3 Å². The van der Waals surface area contributed by atoms with Crippen molar-refractivity contribution >= 4 is 17.6 Å². The molecule has 1 rings (SSSR count). The maximum Gasteiger partial charge on any atom is 0.328 e. The lowest BCUT2D eigenvalue weighted by Gasteiger charge is -2.37. The highest BCUT2D eigenvalue weighted by molar-refractivity contribution is 6.30. The van der Waals surface area contributed by atoms with Gasteiger partial charge in [-0.15, -0.1) is 0 Å². The zero-order chi connectivity index (χ0) is 14.8. The van der Waals surface area contributed by atoms with Gasteiger partial charge in [0, 0.05) is 5.02 Å². The number of hydrogen-bond acceptors (Lipinski definition) is 2. The first kappa shape index (κ1) is 16.0. The van der Waals surface area contributed by atoms with Gasteiger partial charge in [0.1, 0.15) is 5.54 Å². The topological polar surface area (TPSA) is 63.3 Å². The Balaban J connectivity index is 3.18. The SMILES string of the molecule is CC(C)C(C)(C)CC(N)(C(=O)O)c1ccc(Cl)cc1. The van der Waals surface area contributed by atoms with Crippen molar-refractivity contribution in [1.82, 2.24) is 0 Å². The molecule has 0 fully saturated rings. The molecule has 0 spiro atoms. The van der Waals surface area contributed by atoms with Crippen molar-refractivity contribution in [3.63, 3.8) is 0 Å². The molecule has 0 heterocycles. The molecule has 1 unspecified atom stereocenters. The van der Waals surface area contributed by atoms with Crippen LogP contribution in [0.3, 0.4) is 0 Å². The van der Waals surface area contributed by atoms with Crippen molar-refractivity contribution in [3.8, 4) is 0 Å². The lowest BCUT2D eigenvalue weighted by atomic mass is 9.70. The van der Waals surface area contributed by atoms with Crippen molar-refractivity contribution in [1.29, 1.82) is 0 Å². The smallest absolute Gasteiger partial charge is 0.328 e. The Morgan fingerprint density at radius 3 is 2.16 bits per heavy atom. The lowest BCUT2D eigenvalue weighted by molar-refractivity contribution is -0.145.